The average molecular weight is 349 g/mol. The van der Waals surface area contributed by atoms with E-state index in [-0.39, 0.29) is 12.3 Å². The number of hydrogen-bond donors (Lipinski definition) is 2. The fraction of sp³-hybridized carbons (Fsp3) is 0.600. The van der Waals surface area contributed by atoms with Gasteiger partial charge in [0.05, 0.1) is 6.17 Å². The Morgan fingerprint density at radius 2 is 2.17 bits per heavy atom. The maximum atomic E-state index is 4.45. The van der Waals surface area contributed by atoms with Gasteiger partial charge in [-0.25, -0.2) is 9.99 Å². The van der Waals surface area contributed by atoms with E-state index in [0.717, 1.165) is 17.0 Å². The molecular formula is C15H20N6S2. The molecule has 8 heteroatoms. The fourth-order valence-corrected chi connectivity index (χ4v) is 5.87. The molecule has 0 aromatic carbocycles. The third-order valence-electron chi connectivity index (χ3n) is 5.02. The number of anilines is 1. The van der Waals surface area contributed by atoms with Crippen molar-refractivity contribution in [3.8, 4) is 5.00 Å². The lowest BCUT2D eigenvalue weighted by Crippen LogP contribution is -2.40. The van der Waals surface area contributed by atoms with Gasteiger partial charge >= 0.3 is 0 Å². The highest BCUT2D eigenvalue weighted by atomic mass is 32.2. The van der Waals surface area contributed by atoms with Gasteiger partial charge in [0, 0.05) is 10.4 Å². The van der Waals surface area contributed by atoms with E-state index in [1.165, 1.54) is 29.8 Å². The Labute approximate surface area is 143 Å². The largest absolute Gasteiger partial charge is 0.276 e. The summed E-state index contributed by atoms with van der Waals surface area (Å²) in [5.41, 5.74) is 6.50. The smallest absolute Gasteiger partial charge is 0.249 e. The molecule has 1 saturated heterocycles. The summed E-state index contributed by atoms with van der Waals surface area (Å²) in [5.74, 6) is 1.67. The van der Waals surface area contributed by atoms with E-state index in [4.69, 9.17) is 0 Å². The molecule has 0 amide bonds. The number of nitrogens with zero attached hydrogens (tertiary/aromatic N) is 4. The van der Waals surface area contributed by atoms with Gasteiger partial charge in [-0.15, -0.1) is 21.5 Å². The lowest BCUT2D eigenvalue weighted by Gasteiger charge is -2.31. The van der Waals surface area contributed by atoms with Crippen LogP contribution in [0.5, 0.6) is 0 Å². The summed E-state index contributed by atoms with van der Waals surface area (Å²) >= 11 is 3.60. The Hall–Kier alpha value is -1.09. The molecule has 0 bridgehead atoms. The van der Waals surface area contributed by atoms with E-state index in [1.807, 2.05) is 11.3 Å². The number of fused-ring (bicyclic) bond motifs is 8. The number of rotatable bonds is 1. The van der Waals surface area contributed by atoms with Crippen molar-refractivity contribution in [3.63, 3.8) is 0 Å². The number of hydrogen-bond acceptors (Lipinski definition) is 7. The van der Waals surface area contributed by atoms with Crippen molar-refractivity contribution >= 4 is 29.0 Å². The van der Waals surface area contributed by atoms with Crippen LogP contribution in [0.3, 0.4) is 0 Å². The minimum atomic E-state index is 0.164. The van der Waals surface area contributed by atoms with Gasteiger partial charge in [-0.05, 0) is 43.9 Å². The van der Waals surface area contributed by atoms with Gasteiger partial charge in [0.1, 0.15) is 11.2 Å². The highest BCUT2D eigenvalue weighted by Gasteiger charge is 2.43. The third-order valence-corrected chi connectivity index (χ3v) is 6.94. The van der Waals surface area contributed by atoms with Gasteiger partial charge in [0.2, 0.25) is 5.95 Å². The maximum Gasteiger partial charge on any atom is 0.249 e. The summed E-state index contributed by atoms with van der Waals surface area (Å²) in [6, 6.07) is 0. The van der Waals surface area contributed by atoms with Crippen LogP contribution < -0.4 is 15.8 Å². The van der Waals surface area contributed by atoms with Crippen molar-refractivity contribution in [1.29, 1.82) is 0 Å². The molecule has 1 fully saturated rings. The van der Waals surface area contributed by atoms with Crippen LogP contribution >= 0.6 is 23.1 Å². The van der Waals surface area contributed by atoms with E-state index in [2.05, 4.69) is 50.6 Å². The van der Waals surface area contributed by atoms with Gasteiger partial charge in [-0.3, -0.25) is 10.3 Å². The summed E-state index contributed by atoms with van der Waals surface area (Å²) in [7, 11) is 0. The summed E-state index contributed by atoms with van der Waals surface area (Å²) < 4.78 is 2.23. The highest BCUT2D eigenvalue weighted by molar-refractivity contribution is 7.98. The number of hydrazine groups is 1. The van der Waals surface area contributed by atoms with Crippen LogP contribution in [0, 0.1) is 5.92 Å². The van der Waals surface area contributed by atoms with Crippen LogP contribution in [0.4, 0.5) is 5.95 Å². The number of aromatic nitrogens is 3. The third kappa shape index (κ3) is 1.89. The van der Waals surface area contributed by atoms with E-state index in [0.29, 0.717) is 0 Å². The van der Waals surface area contributed by atoms with Gasteiger partial charge in [-0.1, -0.05) is 18.7 Å². The summed E-state index contributed by atoms with van der Waals surface area (Å²) in [5, 5.41) is 16.9. The molecule has 122 valence electrons. The Morgan fingerprint density at radius 1 is 1.30 bits per heavy atom. The topological polar surface area (TPSA) is 58.0 Å². The summed E-state index contributed by atoms with van der Waals surface area (Å²) in [4.78, 5) is 1.56. The molecule has 1 aliphatic carbocycles. The minimum absolute atomic E-state index is 0.164. The number of aryl methyl sites for hydroxylation is 1. The first kappa shape index (κ1) is 14.3. The van der Waals surface area contributed by atoms with Crippen LogP contribution in [0.2, 0.25) is 0 Å². The molecule has 2 aliphatic heterocycles. The quantitative estimate of drug-likeness (QED) is 0.772. The van der Waals surface area contributed by atoms with Gasteiger partial charge < -0.3 is 0 Å². The van der Waals surface area contributed by atoms with Crippen LogP contribution in [0.15, 0.2) is 5.16 Å². The predicted octanol–water partition coefficient (Wildman–Crippen LogP) is 2.45. The van der Waals surface area contributed by atoms with E-state index < -0.39 is 0 Å². The molecule has 2 aromatic heterocycles. The Morgan fingerprint density at radius 3 is 3.00 bits per heavy atom. The fourth-order valence-electron chi connectivity index (χ4n) is 3.96. The van der Waals surface area contributed by atoms with Crippen molar-refractivity contribution in [2.75, 3.05) is 11.3 Å². The summed E-state index contributed by atoms with van der Waals surface area (Å²) in [6.45, 7) is 4.52. The maximum absolute atomic E-state index is 4.45. The van der Waals surface area contributed by atoms with Gasteiger partial charge in [0.25, 0.3) is 0 Å². The standard InChI is InChI=1S/C15H20N6S2/c1-7-4-5-10-9(6-7)11-12-16-8(2)19-21(12)14-17-18-15(22-3)20(14)13(11)23-10/h7-8,12,16,19H,4-6H2,1-3H3/t7-,8?,12?/m0/s1. The summed E-state index contributed by atoms with van der Waals surface area (Å²) in [6.07, 6.45) is 6.15. The molecule has 6 nitrogen and oxygen atoms in total. The number of nitrogens with one attached hydrogen (secondary N) is 2. The van der Waals surface area contributed by atoms with E-state index in [9.17, 15) is 0 Å². The monoisotopic (exact) mass is 348 g/mol. The molecule has 2 unspecified atom stereocenters. The van der Waals surface area contributed by atoms with Crippen LogP contribution in [0.1, 0.15) is 42.4 Å². The molecule has 23 heavy (non-hydrogen) atoms. The SMILES string of the molecule is CSc1nnc2n1-c1sc3c(c1C1NC(C)NN21)C[C@@H](C)CC3. The molecule has 0 saturated carbocycles. The first-order valence-corrected chi connectivity index (χ1v) is 10.2. The zero-order valence-corrected chi connectivity index (χ0v) is 15.1. The molecule has 4 heterocycles. The van der Waals surface area contributed by atoms with Crippen LogP contribution in [-0.2, 0) is 12.8 Å². The second kappa shape index (κ2) is 4.95. The molecule has 5 rings (SSSR count). The van der Waals surface area contributed by atoms with Crippen LogP contribution in [0.25, 0.3) is 5.00 Å². The van der Waals surface area contributed by atoms with E-state index in [1.54, 1.807) is 22.2 Å². The molecule has 2 N–H and O–H groups in total. The number of thiophene rings is 1. The molecule has 3 aliphatic rings. The zero-order valence-electron chi connectivity index (χ0n) is 13.5. The molecule has 0 radical (unpaired) electrons. The highest BCUT2D eigenvalue weighted by Crippen LogP contribution is 2.48. The van der Waals surface area contributed by atoms with Crippen molar-refractivity contribution < 1.29 is 0 Å². The lowest BCUT2D eigenvalue weighted by molar-refractivity contribution is 0.493. The minimum Gasteiger partial charge on any atom is -0.276 e. The Kier molecular flexibility index (Phi) is 3.07. The molecule has 2 aromatic rings. The second-order valence-corrected chi connectivity index (χ2v) is 8.54. The Bertz CT molecular complexity index is 781. The molecule has 3 atom stereocenters. The van der Waals surface area contributed by atoms with Crippen molar-refractivity contribution in [2.24, 2.45) is 5.92 Å². The first-order valence-electron chi connectivity index (χ1n) is 8.13. The van der Waals surface area contributed by atoms with Crippen LogP contribution in [-0.4, -0.2) is 27.2 Å². The average Bonchev–Trinajstić information content (AvgIpc) is 3.19. The van der Waals surface area contributed by atoms with Gasteiger partial charge in [0.15, 0.2) is 5.16 Å². The number of thioether (sulfide) groups is 1. The zero-order chi connectivity index (χ0) is 15.7. The van der Waals surface area contributed by atoms with E-state index >= 15 is 0 Å². The lowest BCUT2D eigenvalue weighted by atomic mass is 9.87. The molecule has 0 spiro atoms. The van der Waals surface area contributed by atoms with Crippen molar-refractivity contribution in [3.05, 3.63) is 16.0 Å². The predicted molar refractivity (Wildman–Crippen MR) is 93.2 cm³/mol. The Balaban J connectivity index is 1.77. The second-order valence-electron chi connectivity index (χ2n) is 6.68. The van der Waals surface area contributed by atoms with Gasteiger partial charge in [-0.2, -0.15) is 0 Å². The normalized spacial score (nSPS) is 28.3. The van der Waals surface area contributed by atoms with Crippen molar-refractivity contribution in [2.45, 2.75) is 50.6 Å². The molecular weight excluding hydrogens is 328 g/mol. The first-order chi connectivity index (χ1) is 11.2. The van der Waals surface area contributed by atoms with Crippen molar-refractivity contribution in [1.82, 2.24) is 25.5 Å².